The molecule has 2 nitrogen and oxygen atoms in total. The Bertz CT molecular complexity index is 410. The molecule has 1 fully saturated rings. The number of halogens is 2. The third-order valence-electron chi connectivity index (χ3n) is 3.58. The zero-order valence-electron chi connectivity index (χ0n) is 10.1. The summed E-state index contributed by atoms with van der Waals surface area (Å²) < 4.78 is 5.59. The highest BCUT2D eigenvalue weighted by atomic mass is 35.5. The van der Waals surface area contributed by atoms with Crippen LogP contribution in [0.4, 0.5) is 0 Å². The molecule has 0 aliphatic carbocycles. The Hall–Kier alpha value is -0.280. The van der Waals surface area contributed by atoms with Crippen LogP contribution in [0.15, 0.2) is 18.2 Å². The van der Waals surface area contributed by atoms with Crippen LogP contribution in [0.5, 0.6) is 0 Å². The van der Waals surface area contributed by atoms with Gasteiger partial charge in [0.2, 0.25) is 0 Å². The Morgan fingerprint density at radius 3 is 2.82 bits per heavy atom. The van der Waals surface area contributed by atoms with E-state index in [0.29, 0.717) is 10.0 Å². The van der Waals surface area contributed by atoms with E-state index in [1.54, 1.807) is 6.07 Å². The fraction of sp³-hybridized carbons (Fsp3) is 0.538. The summed E-state index contributed by atoms with van der Waals surface area (Å²) >= 11 is 12.0. The number of hydrogen-bond acceptors (Lipinski definition) is 2. The van der Waals surface area contributed by atoms with Gasteiger partial charge < -0.3 is 10.1 Å². The zero-order valence-corrected chi connectivity index (χ0v) is 11.6. The summed E-state index contributed by atoms with van der Waals surface area (Å²) in [5, 5.41) is 4.91. The number of nitrogens with one attached hydrogen (secondary N) is 1. The Morgan fingerprint density at radius 2 is 2.24 bits per heavy atom. The molecule has 0 bridgehead atoms. The molecule has 0 saturated carbocycles. The second-order valence-electron chi connectivity index (χ2n) is 4.77. The Labute approximate surface area is 112 Å². The summed E-state index contributed by atoms with van der Waals surface area (Å²) in [6, 6.07) is 5.60. The first-order valence-electron chi connectivity index (χ1n) is 5.82. The van der Waals surface area contributed by atoms with Gasteiger partial charge in [-0.25, -0.2) is 0 Å². The normalized spacial score (nSPS) is 28.6. The van der Waals surface area contributed by atoms with Gasteiger partial charge in [-0.1, -0.05) is 29.3 Å². The highest BCUT2D eigenvalue weighted by Crippen LogP contribution is 2.27. The van der Waals surface area contributed by atoms with E-state index >= 15 is 0 Å². The van der Waals surface area contributed by atoms with Crippen molar-refractivity contribution >= 4 is 23.2 Å². The van der Waals surface area contributed by atoms with Gasteiger partial charge in [-0.3, -0.25) is 0 Å². The van der Waals surface area contributed by atoms with Gasteiger partial charge in [-0.05, 0) is 38.0 Å². The standard InChI is InChI=1S/C13H17Cl2NO/c1-9-13(2,5-6-17-9)16-8-10-3-4-11(14)7-12(10)15/h3-4,7,9,16H,5-6,8H2,1-2H3. The van der Waals surface area contributed by atoms with Crippen molar-refractivity contribution in [2.24, 2.45) is 0 Å². The van der Waals surface area contributed by atoms with Crippen LogP contribution in [-0.4, -0.2) is 18.2 Å². The average Bonchev–Trinajstić information content (AvgIpc) is 2.59. The van der Waals surface area contributed by atoms with Crippen molar-refractivity contribution in [1.29, 1.82) is 0 Å². The van der Waals surface area contributed by atoms with Crippen molar-refractivity contribution in [3.05, 3.63) is 33.8 Å². The fourth-order valence-corrected chi connectivity index (χ4v) is 2.50. The van der Waals surface area contributed by atoms with E-state index in [1.165, 1.54) is 0 Å². The van der Waals surface area contributed by atoms with E-state index in [1.807, 2.05) is 12.1 Å². The smallest absolute Gasteiger partial charge is 0.0726 e. The Balaban J connectivity index is 2.02. The van der Waals surface area contributed by atoms with Crippen LogP contribution >= 0.6 is 23.2 Å². The molecule has 1 heterocycles. The molecule has 0 spiro atoms. The SMILES string of the molecule is CC1OCCC1(C)NCc1ccc(Cl)cc1Cl. The van der Waals surface area contributed by atoms with Gasteiger partial charge in [-0.2, -0.15) is 0 Å². The van der Waals surface area contributed by atoms with Gasteiger partial charge in [-0.15, -0.1) is 0 Å². The second kappa shape index (κ2) is 5.15. The lowest BCUT2D eigenvalue weighted by molar-refractivity contribution is 0.0881. The molecule has 1 N–H and O–H groups in total. The molecule has 17 heavy (non-hydrogen) atoms. The molecule has 1 aliphatic rings. The van der Waals surface area contributed by atoms with Gasteiger partial charge in [0.05, 0.1) is 6.10 Å². The quantitative estimate of drug-likeness (QED) is 0.908. The molecular weight excluding hydrogens is 257 g/mol. The van der Waals surface area contributed by atoms with Crippen LogP contribution < -0.4 is 5.32 Å². The van der Waals surface area contributed by atoms with Crippen LogP contribution in [0.25, 0.3) is 0 Å². The fourth-order valence-electron chi connectivity index (χ4n) is 2.03. The van der Waals surface area contributed by atoms with E-state index in [-0.39, 0.29) is 11.6 Å². The summed E-state index contributed by atoms with van der Waals surface area (Å²) in [6.45, 7) is 5.84. The maximum Gasteiger partial charge on any atom is 0.0726 e. The number of hydrogen-bond donors (Lipinski definition) is 1. The lowest BCUT2D eigenvalue weighted by Gasteiger charge is -2.29. The first-order chi connectivity index (χ1) is 8.01. The molecule has 0 amide bonds. The van der Waals surface area contributed by atoms with Crippen molar-refractivity contribution in [1.82, 2.24) is 5.32 Å². The summed E-state index contributed by atoms with van der Waals surface area (Å²) in [4.78, 5) is 0. The van der Waals surface area contributed by atoms with Crippen LogP contribution in [0.1, 0.15) is 25.8 Å². The van der Waals surface area contributed by atoms with Crippen LogP contribution in [0.3, 0.4) is 0 Å². The van der Waals surface area contributed by atoms with Gasteiger partial charge in [0, 0.05) is 28.7 Å². The third kappa shape index (κ3) is 2.94. The predicted molar refractivity (Wildman–Crippen MR) is 71.7 cm³/mol. The molecule has 1 aromatic carbocycles. The lowest BCUT2D eigenvalue weighted by atomic mass is 9.94. The van der Waals surface area contributed by atoms with Crippen molar-refractivity contribution in [2.45, 2.75) is 38.5 Å². The topological polar surface area (TPSA) is 21.3 Å². The van der Waals surface area contributed by atoms with Crippen molar-refractivity contribution in [3.63, 3.8) is 0 Å². The molecule has 1 aromatic rings. The monoisotopic (exact) mass is 273 g/mol. The third-order valence-corrected chi connectivity index (χ3v) is 4.17. The molecule has 1 saturated heterocycles. The van der Waals surface area contributed by atoms with E-state index in [0.717, 1.165) is 25.1 Å². The van der Waals surface area contributed by atoms with E-state index in [4.69, 9.17) is 27.9 Å². The molecular formula is C13H17Cl2NO. The minimum Gasteiger partial charge on any atom is -0.377 e. The minimum absolute atomic E-state index is 0.0307. The number of benzene rings is 1. The van der Waals surface area contributed by atoms with Gasteiger partial charge >= 0.3 is 0 Å². The van der Waals surface area contributed by atoms with Crippen LogP contribution in [-0.2, 0) is 11.3 Å². The van der Waals surface area contributed by atoms with Gasteiger partial charge in [0.1, 0.15) is 0 Å². The first-order valence-corrected chi connectivity index (χ1v) is 6.57. The van der Waals surface area contributed by atoms with E-state index in [9.17, 15) is 0 Å². The van der Waals surface area contributed by atoms with Crippen LogP contribution in [0.2, 0.25) is 10.0 Å². The number of rotatable bonds is 3. The van der Waals surface area contributed by atoms with Crippen LogP contribution in [0, 0.1) is 0 Å². The molecule has 2 atom stereocenters. The highest BCUT2D eigenvalue weighted by Gasteiger charge is 2.36. The summed E-state index contributed by atoms with van der Waals surface area (Å²) in [5.41, 5.74) is 1.10. The van der Waals surface area contributed by atoms with Gasteiger partial charge in [0.15, 0.2) is 0 Å². The molecule has 2 rings (SSSR count). The van der Waals surface area contributed by atoms with E-state index < -0.39 is 0 Å². The summed E-state index contributed by atoms with van der Waals surface area (Å²) in [7, 11) is 0. The minimum atomic E-state index is 0.0307. The van der Waals surface area contributed by atoms with Crippen molar-refractivity contribution in [3.8, 4) is 0 Å². The first kappa shape index (κ1) is 13.2. The van der Waals surface area contributed by atoms with Crippen molar-refractivity contribution < 1.29 is 4.74 Å². The summed E-state index contributed by atoms with van der Waals surface area (Å²) in [5.74, 6) is 0. The van der Waals surface area contributed by atoms with Crippen molar-refractivity contribution in [2.75, 3.05) is 6.61 Å². The largest absolute Gasteiger partial charge is 0.377 e. The molecule has 4 heteroatoms. The zero-order chi connectivity index (χ0) is 12.5. The molecule has 0 aromatic heterocycles. The molecule has 1 aliphatic heterocycles. The van der Waals surface area contributed by atoms with E-state index in [2.05, 4.69) is 19.2 Å². The van der Waals surface area contributed by atoms with Gasteiger partial charge in [0.25, 0.3) is 0 Å². The lowest BCUT2D eigenvalue weighted by Crippen LogP contribution is -2.47. The maximum absolute atomic E-state index is 6.14. The molecule has 94 valence electrons. The molecule has 0 radical (unpaired) electrons. The number of ether oxygens (including phenoxy) is 1. The highest BCUT2D eigenvalue weighted by molar-refractivity contribution is 6.35. The molecule has 2 unspecified atom stereocenters. The summed E-state index contributed by atoms with van der Waals surface area (Å²) in [6.07, 6.45) is 1.26. The Kier molecular flexibility index (Phi) is 3.99. The Morgan fingerprint density at radius 1 is 1.47 bits per heavy atom. The average molecular weight is 274 g/mol. The maximum atomic E-state index is 6.14. The predicted octanol–water partition coefficient (Wildman–Crippen LogP) is 3.65. The second-order valence-corrected chi connectivity index (χ2v) is 5.61.